The highest BCUT2D eigenvalue weighted by atomic mass is 32.2. The Morgan fingerprint density at radius 2 is 1.89 bits per heavy atom. The zero-order valence-corrected chi connectivity index (χ0v) is 12.7. The Hall–Kier alpha value is -0.950. The van der Waals surface area contributed by atoms with Crippen molar-refractivity contribution < 1.29 is 23.3 Å². The molecule has 7 heteroatoms. The van der Waals surface area contributed by atoms with Gasteiger partial charge in [0.05, 0.1) is 13.0 Å². The minimum Gasteiger partial charge on any atom is -0.469 e. The Balaban J connectivity index is 4.10. The monoisotopic (exact) mass is 293 g/mol. The molecule has 1 amide bonds. The predicted molar refractivity (Wildman–Crippen MR) is 73.2 cm³/mol. The van der Waals surface area contributed by atoms with Gasteiger partial charge in [0.25, 0.3) is 0 Å². The van der Waals surface area contributed by atoms with Crippen LogP contribution in [0.25, 0.3) is 0 Å². The number of methoxy groups -OCH3 is 2. The molecule has 0 saturated heterocycles. The third kappa shape index (κ3) is 7.27. The molecule has 0 saturated carbocycles. The Labute approximate surface area is 116 Å². The quantitative estimate of drug-likeness (QED) is 0.481. The van der Waals surface area contributed by atoms with Gasteiger partial charge in [0.2, 0.25) is 5.91 Å². The van der Waals surface area contributed by atoms with Crippen molar-refractivity contribution in [2.24, 2.45) is 5.92 Å². The fourth-order valence-electron chi connectivity index (χ4n) is 1.35. The largest absolute Gasteiger partial charge is 0.469 e. The molecule has 0 aromatic rings. The Kier molecular flexibility index (Phi) is 9.42. The molecule has 0 aromatic carbocycles. The molecular formula is C12H23NO5S. The van der Waals surface area contributed by atoms with Gasteiger partial charge in [-0.05, 0) is 13.3 Å². The molecule has 3 atom stereocenters. The van der Waals surface area contributed by atoms with Crippen molar-refractivity contribution in [3.05, 3.63) is 0 Å². The van der Waals surface area contributed by atoms with Crippen LogP contribution in [-0.4, -0.2) is 54.5 Å². The maximum absolute atomic E-state index is 11.9. The van der Waals surface area contributed by atoms with Crippen molar-refractivity contribution in [2.45, 2.75) is 25.5 Å². The van der Waals surface area contributed by atoms with Gasteiger partial charge < -0.3 is 14.8 Å². The van der Waals surface area contributed by atoms with Crippen molar-refractivity contribution in [3.63, 3.8) is 0 Å². The van der Waals surface area contributed by atoms with Gasteiger partial charge in [-0.25, -0.2) is 0 Å². The van der Waals surface area contributed by atoms with E-state index in [-0.39, 0.29) is 11.7 Å². The number of nitrogens with one attached hydrogen (secondary N) is 1. The lowest BCUT2D eigenvalue weighted by Crippen LogP contribution is -2.38. The second-order valence-electron chi connectivity index (χ2n) is 4.25. The third-order valence-electron chi connectivity index (χ3n) is 2.61. The van der Waals surface area contributed by atoms with E-state index >= 15 is 0 Å². The van der Waals surface area contributed by atoms with Crippen molar-refractivity contribution in [1.82, 2.24) is 5.32 Å². The molecule has 0 radical (unpaired) electrons. The van der Waals surface area contributed by atoms with E-state index in [2.05, 4.69) is 10.1 Å². The summed E-state index contributed by atoms with van der Waals surface area (Å²) in [6.45, 7) is 4.27. The number of hydrogen-bond donors (Lipinski definition) is 1. The summed E-state index contributed by atoms with van der Waals surface area (Å²) < 4.78 is 21.3. The zero-order valence-electron chi connectivity index (χ0n) is 11.9. The average molecular weight is 293 g/mol. The summed E-state index contributed by atoms with van der Waals surface area (Å²) in [6.07, 6.45) is 0.708. The summed E-state index contributed by atoms with van der Waals surface area (Å²) in [7, 11) is 1.48. The highest BCUT2D eigenvalue weighted by Crippen LogP contribution is 2.05. The highest BCUT2D eigenvalue weighted by Gasteiger charge is 2.24. The van der Waals surface area contributed by atoms with Crippen LogP contribution >= 0.6 is 0 Å². The van der Waals surface area contributed by atoms with Gasteiger partial charge in [-0.1, -0.05) is 6.92 Å². The van der Waals surface area contributed by atoms with Crippen molar-refractivity contribution in [2.75, 3.05) is 33.1 Å². The third-order valence-corrected chi connectivity index (χ3v) is 4.44. The zero-order chi connectivity index (χ0) is 14.8. The molecule has 1 N–H and O–H groups in total. The van der Waals surface area contributed by atoms with Crippen molar-refractivity contribution in [1.29, 1.82) is 0 Å². The van der Waals surface area contributed by atoms with Gasteiger partial charge in [0.1, 0.15) is 5.25 Å². The molecule has 0 fully saturated rings. The van der Waals surface area contributed by atoms with Crippen LogP contribution in [0.2, 0.25) is 0 Å². The van der Waals surface area contributed by atoms with E-state index in [0.717, 1.165) is 0 Å². The van der Waals surface area contributed by atoms with Crippen molar-refractivity contribution in [3.8, 4) is 0 Å². The van der Waals surface area contributed by atoms with Gasteiger partial charge >= 0.3 is 5.97 Å². The van der Waals surface area contributed by atoms with Crippen LogP contribution in [0.15, 0.2) is 0 Å². The van der Waals surface area contributed by atoms with E-state index in [0.29, 0.717) is 19.6 Å². The van der Waals surface area contributed by atoms with Crippen LogP contribution in [0, 0.1) is 5.92 Å². The lowest BCUT2D eigenvalue weighted by molar-refractivity contribution is -0.144. The SMILES string of the molecule is COCCCNC(=O)C(C)S(=O)CC(C)C(=O)OC. The summed E-state index contributed by atoms with van der Waals surface area (Å²) >= 11 is 0. The topological polar surface area (TPSA) is 81.7 Å². The van der Waals surface area contributed by atoms with Gasteiger partial charge in [0.15, 0.2) is 0 Å². The highest BCUT2D eigenvalue weighted by molar-refractivity contribution is 7.86. The average Bonchev–Trinajstić information content (AvgIpc) is 2.41. The van der Waals surface area contributed by atoms with Gasteiger partial charge in [0, 0.05) is 36.8 Å². The maximum Gasteiger partial charge on any atom is 0.309 e. The fraction of sp³-hybridized carbons (Fsp3) is 0.833. The predicted octanol–water partition coefficient (Wildman–Crippen LogP) is 0.0854. The molecule has 19 heavy (non-hydrogen) atoms. The lowest BCUT2D eigenvalue weighted by atomic mass is 10.2. The van der Waals surface area contributed by atoms with Crippen molar-refractivity contribution >= 4 is 22.7 Å². The van der Waals surface area contributed by atoms with Crippen LogP contribution in [0.5, 0.6) is 0 Å². The Morgan fingerprint density at radius 3 is 2.42 bits per heavy atom. The molecule has 6 nitrogen and oxygen atoms in total. The lowest BCUT2D eigenvalue weighted by Gasteiger charge is -2.14. The minimum absolute atomic E-state index is 0.124. The molecule has 0 aliphatic rings. The standard InChI is InChI=1S/C12H23NO5S/c1-9(12(15)18-4)8-19(16)10(2)11(14)13-6-5-7-17-3/h9-10H,5-8H2,1-4H3,(H,13,14). The smallest absolute Gasteiger partial charge is 0.309 e. The number of rotatable bonds is 9. The second-order valence-corrected chi connectivity index (χ2v) is 6.05. The normalized spacial score (nSPS) is 15.4. The summed E-state index contributed by atoms with van der Waals surface area (Å²) in [4.78, 5) is 22.9. The first-order valence-corrected chi connectivity index (χ1v) is 7.53. The van der Waals surface area contributed by atoms with E-state index in [4.69, 9.17) is 4.74 Å². The molecule has 3 unspecified atom stereocenters. The molecule has 0 spiro atoms. The first kappa shape index (κ1) is 18.0. The van der Waals surface area contributed by atoms with Crippen LogP contribution in [-0.2, 0) is 29.9 Å². The number of hydrogen-bond acceptors (Lipinski definition) is 5. The molecular weight excluding hydrogens is 270 g/mol. The minimum atomic E-state index is -1.40. The maximum atomic E-state index is 11.9. The Bertz CT molecular complexity index is 321. The summed E-state index contributed by atoms with van der Waals surface area (Å²) in [5.74, 6) is -1.04. The van der Waals surface area contributed by atoms with E-state index in [1.807, 2.05) is 0 Å². The van der Waals surface area contributed by atoms with Gasteiger partial charge in [-0.2, -0.15) is 0 Å². The molecule has 0 heterocycles. The van der Waals surface area contributed by atoms with Crippen LogP contribution in [0.3, 0.4) is 0 Å². The Morgan fingerprint density at radius 1 is 1.26 bits per heavy atom. The first-order chi connectivity index (χ1) is 8.93. The molecule has 0 bridgehead atoms. The first-order valence-electron chi connectivity index (χ1n) is 6.15. The van der Waals surface area contributed by atoms with Crippen LogP contribution < -0.4 is 5.32 Å². The summed E-state index contributed by atoms with van der Waals surface area (Å²) in [6, 6.07) is 0. The number of esters is 1. The molecule has 0 aromatic heterocycles. The number of carbonyl (C=O) groups excluding carboxylic acids is 2. The van der Waals surface area contributed by atoms with Gasteiger partial charge in [-0.15, -0.1) is 0 Å². The fourth-order valence-corrected chi connectivity index (χ4v) is 2.59. The summed E-state index contributed by atoms with van der Waals surface area (Å²) in [5.41, 5.74) is 0. The van der Waals surface area contributed by atoms with Crippen LogP contribution in [0.1, 0.15) is 20.3 Å². The molecule has 0 rings (SSSR count). The summed E-state index contributed by atoms with van der Waals surface area (Å²) in [5, 5.41) is 2.04. The molecule has 0 aliphatic carbocycles. The van der Waals surface area contributed by atoms with Gasteiger partial charge in [-0.3, -0.25) is 13.8 Å². The van der Waals surface area contributed by atoms with E-state index < -0.39 is 27.9 Å². The van der Waals surface area contributed by atoms with E-state index in [1.165, 1.54) is 7.11 Å². The van der Waals surface area contributed by atoms with E-state index in [1.54, 1.807) is 21.0 Å². The van der Waals surface area contributed by atoms with Crippen LogP contribution in [0.4, 0.5) is 0 Å². The van der Waals surface area contributed by atoms with E-state index in [9.17, 15) is 13.8 Å². The second kappa shape index (κ2) is 9.91. The molecule has 112 valence electrons. The number of amides is 1. The molecule has 0 aliphatic heterocycles. The number of carbonyl (C=O) groups is 2. The number of ether oxygens (including phenoxy) is 2.